The van der Waals surface area contributed by atoms with Crippen LogP contribution in [-0.2, 0) is 9.59 Å². The molecule has 3 heterocycles. The van der Waals surface area contributed by atoms with Crippen LogP contribution in [0, 0.1) is 0 Å². The van der Waals surface area contributed by atoms with Crippen molar-refractivity contribution in [3.8, 4) is 0 Å². The van der Waals surface area contributed by atoms with Crippen LogP contribution in [0.1, 0.15) is 54.3 Å². The van der Waals surface area contributed by atoms with Crippen molar-refractivity contribution in [1.29, 1.82) is 0 Å². The summed E-state index contributed by atoms with van der Waals surface area (Å²) in [5.74, 6) is -2.52. The van der Waals surface area contributed by atoms with E-state index in [1.54, 1.807) is 48.5 Å². The Morgan fingerprint density at radius 2 is 1.13 bits per heavy atom. The van der Waals surface area contributed by atoms with E-state index in [4.69, 9.17) is 0 Å². The van der Waals surface area contributed by atoms with Crippen molar-refractivity contribution < 1.29 is 28.8 Å². The molecule has 5 rings (SSSR count). The van der Waals surface area contributed by atoms with Crippen molar-refractivity contribution in [3.05, 3.63) is 70.8 Å². The second-order valence-electron chi connectivity index (χ2n) is 6.82. The summed E-state index contributed by atoms with van der Waals surface area (Å²) in [4.78, 5) is 70.0. The van der Waals surface area contributed by atoms with Crippen molar-refractivity contribution in [2.45, 2.75) is 18.9 Å². The highest BCUT2D eigenvalue weighted by molar-refractivity contribution is 6.23. The molecule has 30 heavy (non-hydrogen) atoms. The molecule has 0 bridgehead atoms. The molecule has 3 aliphatic heterocycles. The molecular formula is C21H15N3O6. The van der Waals surface area contributed by atoms with E-state index in [0.717, 1.165) is 4.90 Å². The van der Waals surface area contributed by atoms with Crippen molar-refractivity contribution in [1.82, 2.24) is 15.5 Å². The van der Waals surface area contributed by atoms with E-state index in [1.165, 1.54) is 0 Å². The van der Waals surface area contributed by atoms with Crippen molar-refractivity contribution in [2.75, 3.05) is 0 Å². The Labute approximate surface area is 170 Å². The van der Waals surface area contributed by atoms with Gasteiger partial charge in [-0.25, -0.2) is 0 Å². The van der Waals surface area contributed by atoms with Gasteiger partial charge in [0.1, 0.15) is 6.04 Å². The van der Waals surface area contributed by atoms with Gasteiger partial charge in [-0.2, -0.15) is 0 Å². The summed E-state index contributed by atoms with van der Waals surface area (Å²) in [5.41, 5.74) is 1.55. The van der Waals surface area contributed by atoms with Crippen LogP contribution in [-0.4, -0.2) is 46.4 Å². The van der Waals surface area contributed by atoms with E-state index in [2.05, 4.69) is 10.6 Å². The second-order valence-corrected chi connectivity index (χ2v) is 6.82. The smallest absolute Gasteiger partial charge is 0.262 e. The molecule has 2 aromatic rings. The van der Waals surface area contributed by atoms with Crippen LogP contribution < -0.4 is 10.6 Å². The lowest BCUT2D eigenvalue weighted by atomic mass is 10.0. The third-order valence-corrected chi connectivity index (χ3v) is 4.99. The van der Waals surface area contributed by atoms with Gasteiger partial charge in [-0.3, -0.25) is 44.3 Å². The number of nitrogens with zero attached hydrogens (tertiary/aromatic N) is 1. The van der Waals surface area contributed by atoms with Crippen LogP contribution in [0.2, 0.25) is 0 Å². The first-order valence-electron chi connectivity index (χ1n) is 9.14. The predicted molar refractivity (Wildman–Crippen MR) is 101 cm³/mol. The highest BCUT2D eigenvalue weighted by atomic mass is 16.2. The average Bonchev–Trinajstić information content (AvgIpc) is 3.17. The molecule has 1 unspecified atom stereocenters. The zero-order valence-electron chi connectivity index (χ0n) is 15.5. The number of imide groups is 3. The standard InChI is InChI=1S/C13H10N2O4.C8H5NO2/c16-10-6-5-9(11(17)14-10)15-12(18)7-3-1-2-4-8(7)13(15)19;10-7-5-3-1-2-4-6(5)8(11)9-7/h1-4,9H,5-6H2,(H,14,16,17);1-4H,(H,9,10,11). The maximum Gasteiger partial charge on any atom is 0.262 e. The lowest BCUT2D eigenvalue weighted by Gasteiger charge is -2.27. The fourth-order valence-corrected chi connectivity index (χ4v) is 3.54. The normalized spacial score (nSPS) is 19.6. The summed E-state index contributed by atoms with van der Waals surface area (Å²) in [6.07, 6.45) is 0.306. The largest absolute Gasteiger partial charge is 0.295 e. The first-order chi connectivity index (χ1) is 14.4. The predicted octanol–water partition coefficient (Wildman–Crippen LogP) is 0.658. The van der Waals surface area contributed by atoms with Gasteiger partial charge in [0, 0.05) is 6.42 Å². The van der Waals surface area contributed by atoms with Gasteiger partial charge in [-0.1, -0.05) is 24.3 Å². The molecule has 9 heteroatoms. The Morgan fingerprint density at radius 3 is 1.60 bits per heavy atom. The average molecular weight is 405 g/mol. The second kappa shape index (κ2) is 7.36. The molecule has 0 aromatic heterocycles. The van der Waals surface area contributed by atoms with E-state index < -0.39 is 23.8 Å². The Hall–Kier alpha value is -4.14. The minimum atomic E-state index is -0.898. The number of fused-ring (bicyclic) bond motifs is 2. The van der Waals surface area contributed by atoms with Crippen LogP contribution in [0.3, 0.4) is 0 Å². The summed E-state index contributed by atoms with van der Waals surface area (Å²) >= 11 is 0. The first kappa shape index (κ1) is 19.2. The third kappa shape index (κ3) is 3.16. The van der Waals surface area contributed by atoms with E-state index >= 15 is 0 Å². The molecule has 0 radical (unpaired) electrons. The third-order valence-electron chi connectivity index (χ3n) is 4.99. The fourth-order valence-electron chi connectivity index (χ4n) is 3.54. The molecule has 1 fully saturated rings. The maximum absolute atomic E-state index is 12.2. The fraction of sp³-hybridized carbons (Fsp3) is 0.143. The topological polar surface area (TPSA) is 130 Å². The summed E-state index contributed by atoms with van der Waals surface area (Å²) in [6, 6.07) is 12.3. The molecule has 9 nitrogen and oxygen atoms in total. The molecule has 1 saturated heterocycles. The first-order valence-corrected chi connectivity index (χ1v) is 9.14. The van der Waals surface area contributed by atoms with Crippen LogP contribution in [0.15, 0.2) is 48.5 Å². The number of hydrogen-bond acceptors (Lipinski definition) is 6. The number of piperidine rings is 1. The Bertz CT molecular complexity index is 1070. The van der Waals surface area contributed by atoms with Crippen molar-refractivity contribution in [2.24, 2.45) is 0 Å². The molecule has 0 spiro atoms. The maximum atomic E-state index is 12.2. The lowest BCUT2D eigenvalue weighted by molar-refractivity contribution is -0.136. The molecule has 6 amide bonds. The van der Waals surface area contributed by atoms with E-state index in [9.17, 15) is 28.8 Å². The van der Waals surface area contributed by atoms with Gasteiger partial charge in [0.05, 0.1) is 22.3 Å². The van der Waals surface area contributed by atoms with Gasteiger partial charge in [0.2, 0.25) is 11.8 Å². The van der Waals surface area contributed by atoms with Gasteiger partial charge >= 0.3 is 0 Å². The Balaban J connectivity index is 0.000000168. The van der Waals surface area contributed by atoms with Crippen LogP contribution in [0.5, 0.6) is 0 Å². The Kier molecular flexibility index (Phi) is 4.71. The van der Waals surface area contributed by atoms with Crippen LogP contribution in [0.4, 0.5) is 0 Å². The molecule has 0 aliphatic carbocycles. The van der Waals surface area contributed by atoms with Crippen LogP contribution >= 0.6 is 0 Å². The summed E-state index contributed by atoms with van der Waals surface area (Å²) in [6.45, 7) is 0. The number of benzene rings is 2. The SMILES string of the molecule is O=C1CCC(N2C(=O)c3ccccc3C2=O)C(=O)N1.O=C1NC(=O)c2ccccc21. The van der Waals surface area contributed by atoms with Crippen molar-refractivity contribution >= 4 is 35.4 Å². The van der Waals surface area contributed by atoms with Gasteiger partial charge in [-0.15, -0.1) is 0 Å². The molecular weight excluding hydrogens is 390 g/mol. The minimum Gasteiger partial charge on any atom is -0.295 e. The number of carbonyl (C=O) groups excluding carboxylic acids is 6. The number of carbonyl (C=O) groups is 6. The van der Waals surface area contributed by atoms with Gasteiger partial charge in [-0.05, 0) is 30.7 Å². The summed E-state index contributed by atoms with van der Waals surface area (Å²) in [5, 5.41) is 4.35. The Morgan fingerprint density at radius 1 is 0.667 bits per heavy atom. The van der Waals surface area contributed by atoms with E-state index in [0.29, 0.717) is 22.3 Å². The molecule has 1 atom stereocenters. The molecule has 3 aliphatic rings. The molecule has 150 valence electrons. The van der Waals surface area contributed by atoms with Crippen LogP contribution in [0.25, 0.3) is 0 Å². The highest BCUT2D eigenvalue weighted by Crippen LogP contribution is 2.27. The monoisotopic (exact) mass is 405 g/mol. The summed E-state index contributed by atoms with van der Waals surface area (Å²) in [7, 11) is 0. The van der Waals surface area contributed by atoms with Gasteiger partial charge < -0.3 is 0 Å². The number of hydrogen-bond donors (Lipinski definition) is 2. The quantitative estimate of drug-likeness (QED) is 0.671. The van der Waals surface area contributed by atoms with Crippen molar-refractivity contribution in [3.63, 3.8) is 0 Å². The number of rotatable bonds is 1. The zero-order chi connectivity index (χ0) is 21.4. The lowest BCUT2D eigenvalue weighted by Crippen LogP contribution is -2.54. The number of nitrogens with one attached hydrogen (secondary N) is 2. The van der Waals surface area contributed by atoms with E-state index in [1.807, 2.05) is 0 Å². The van der Waals surface area contributed by atoms with E-state index in [-0.39, 0.29) is 30.6 Å². The molecule has 2 aromatic carbocycles. The highest BCUT2D eigenvalue weighted by Gasteiger charge is 2.44. The molecule has 2 N–H and O–H groups in total. The van der Waals surface area contributed by atoms with Gasteiger partial charge in [0.15, 0.2) is 0 Å². The molecule has 0 saturated carbocycles. The number of amides is 6. The summed E-state index contributed by atoms with van der Waals surface area (Å²) < 4.78 is 0. The zero-order valence-corrected chi connectivity index (χ0v) is 15.5. The minimum absolute atomic E-state index is 0.129. The van der Waals surface area contributed by atoms with Gasteiger partial charge in [0.25, 0.3) is 23.6 Å².